The van der Waals surface area contributed by atoms with Crippen LogP contribution in [0.2, 0.25) is 0 Å². The highest BCUT2D eigenvalue weighted by Crippen LogP contribution is 2.46. The minimum Gasteiger partial charge on any atom is -0.323 e. The van der Waals surface area contributed by atoms with Gasteiger partial charge in [-0.25, -0.2) is 0 Å². The summed E-state index contributed by atoms with van der Waals surface area (Å²) in [5.74, 6) is 2.55. The molecule has 2 heteroatoms. The van der Waals surface area contributed by atoms with Gasteiger partial charge in [0.05, 0.1) is 7.14 Å². The molecule has 1 unspecified atom stereocenters. The highest BCUT2D eigenvalue weighted by Gasteiger charge is 2.19. The third-order valence-corrected chi connectivity index (χ3v) is 3.90. The Morgan fingerprint density at radius 2 is 2.50 bits per heavy atom. The van der Waals surface area contributed by atoms with Crippen LogP contribution in [-0.2, 0) is 4.57 Å². The van der Waals surface area contributed by atoms with E-state index in [0.29, 0.717) is 6.16 Å². The van der Waals surface area contributed by atoms with E-state index in [2.05, 4.69) is 5.92 Å². The molecule has 54 valence electrons. The summed E-state index contributed by atoms with van der Waals surface area (Å²) in [6.45, 7) is 1.83. The lowest BCUT2D eigenvalue weighted by molar-refractivity contribution is 0.579. The molecule has 0 amide bonds. The molecule has 1 aliphatic rings. The molecule has 0 aromatic heterocycles. The zero-order valence-electron chi connectivity index (χ0n) is 6.13. The van der Waals surface area contributed by atoms with E-state index in [9.17, 15) is 4.57 Å². The number of hydrogen-bond donors (Lipinski definition) is 0. The van der Waals surface area contributed by atoms with Gasteiger partial charge in [0.2, 0.25) is 0 Å². The van der Waals surface area contributed by atoms with Gasteiger partial charge in [0.15, 0.2) is 0 Å². The average molecular weight is 154 g/mol. The van der Waals surface area contributed by atoms with Gasteiger partial charge in [-0.05, 0) is 13.1 Å². The normalized spacial score (nSPS) is 32.6. The molecular formula is C8H11OP. The molecule has 0 saturated heterocycles. The van der Waals surface area contributed by atoms with Gasteiger partial charge in [0.25, 0.3) is 0 Å². The largest absolute Gasteiger partial charge is 0.323 e. The molecule has 1 heterocycles. The van der Waals surface area contributed by atoms with Gasteiger partial charge in [-0.3, -0.25) is 0 Å². The van der Waals surface area contributed by atoms with Gasteiger partial charge in [-0.1, -0.05) is 12.0 Å². The molecular weight excluding hydrogens is 143 g/mol. The Bertz CT molecular complexity index is 244. The molecule has 0 radical (unpaired) electrons. The Morgan fingerprint density at radius 3 is 2.90 bits per heavy atom. The highest BCUT2D eigenvalue weighted by atomic mass is 31.2. The van der Waals surface area contributed by atoms with Crippen molar-refractivity contribution in [3.63, 3.8) is 0 Å². The molecule has 1 nitrogen and oxygen atoms in total. The SMILES string of the molecule is C#CC1=CCCP(C)(=O)C1. The van der Waals surface area contributed by atoms with Gasteiger partial charge >= 0.3 is 0 Å². The van der Waals surface area contributed by atoms with E-state index < -0.39 is 7.14 Å². The maximum absolute atomic E-state index is 11.5. The van der Waals surface area contributed by atoms with Crippen molar-refractivity contribution >= 4 is 7.14 Å². The van der Waals surface area contributed by atoms with Gasteiger partial charge in [0, 0.05) is 17.9 Å². The molecule has 0 N–H and O–H groups in total. The van der Waals surface area contributed by atoms with Crippen molar-refractivity contribution in [2.24, 2.45) is 0 Å². The van der Waals surface area contributed by atoms with Crippen LogP contribution in [-0.4, -0.2) is 19.0 Å². The maximum atomic E-state index is 11.5. The summed E-state index contributed by atoms with van der Waals surface area (Å²) in [5, 5.41) is 0. The number of rotatable bonds is 0. The summed E-state index contributed by atoms with van der Waals surface area (Å²) in [5.41, 5.74) is 0.928. The zero-order chi connectivity index (χ0) is 7.61. The summed E-state index contributed by atoms with van der Waals surface area (Å²) >= 11 is 0. The van der Waals surface area contributed by atoms with E-state index in [-0.39, 0.29) is 0 Å². The van der Waals surface area contributed by atoms with E-state index in [1.165, 1.54) is 0 Å². The maximum Gasteiger partial charge on any atom is 0.0899 e. The first kappa shape index (κ1) is 7.63. The minimum absolute atomic E-state index is 0.642. The standard InChI is InChI=1S/C8H11OP/c1-3-8-5-4-6-10(2,9)7-8/h1,5H,4,6-7H2,2H3. The van der Waals surface area contributed by atoms with Gasteiger partial charge in [-0.15, -0.1) is 6.42 Å². The Morgan fingerprint density at radius 1 is 1.80 bits per heavy atom. The van der Waals surface area contributed by atoms with Crippen LogP contribution < -0.4 is 0 Å². The number of allylic oxidation sites excluding steroid dienone is 2. The lowest BCUT2D eigenvalue weighted by Crippen LogP contribution is -2.01. The fourth-order valence-electron chi connectivity index (χ4n) is 1.12. The predicted molar refractivity (Wildman–Crippen MR) is 44.8 cm³/mol. The van der Waals surface area contributed by atoms with Crippen molar-refractivity contribution in [1.82, 2.24) is 0 Å². The molecule has 0 spiro atoms. The van der Waals surface area contributed by atoms with E-state index in [0.717, 1.165) is 18.2 Å². The fourth-order valence-corrected chi connectivity index (χ4v) is 2.89. The van der Waals surface area contributed by atoms with Crippen LogP contribution in [0.15, 0.2) is 11.6 Å². The van der Waals surface area contributed by atoms with Crippen LogP contribution in [0.3, 0.4) is 0 Å². The van der Waals surface area contributed by atoms with Crippen LogP contribution in [0.5, 0.6) is 0 Å². The third-order valence-electron chi connectivity index (χ3n) is 1.68. The molecule has 0 saturated carbocycles. The summed E-state index contributed by atoms with van der Waals surface area (Å²) in [7, 11) is -1.87. The Balaban J connectivity index is 2.78. The molecule has 1 aliphatic heterocycles. The lowest BCUT2D eigenvalue weighted by Gasteiger charge is -2.16. The molecule has 0 fully saturated rings. The van der Waals surface area contributed by atoms with Gasteiger partial charge in [-0.2, -0.15) is 0 Å². The van der Waals surface area contributed by atoms with Crippen LogP contribution in [0.4, 0.5) is 0 Å². The zero-order valence-corrected chi connectivity index (χ0v) is 7.03. The van der Waals surface area contributed by atoms with Crippen molar-refractivity contribution in [3.8, 4) is 12.3 Å². The molecule has 0 aliphatic carbocycles. The molecule has 1 atom stereocenters. The Kier molecular flexibility index (Phi) is 2.02. The molecule has 0 aromatic rings. The van der Waals surface area contributed by atoms with Crippen molar-refractivity contribution < 1.29 is 4.57 Å². The third kappa shape index (κ3) is 1.75. The summed E-state index contributed by atoms with van der Waals surface area (Å²) in [4.78, 5) is 0. The summed E-state index contributed by atoms with van der Waals surface area (Å²) < 4.78 is 11.5. The lowest BCUT2D eigenvalue weighted by atomic mass is 10.2. The van der Waals surface area contributed by atoms with E-state index >= 15 is 0 Å². The smallest absolute Gasteiger partial charge is 0.0899 e. The Labute approximate surface area is 61.9 Å². The number of terminal acetylenes is 1. The van der Waals surface area contributed by atoms with Crippen LogP contribution in [0.1, 0.15) is 6.42 Å². The monoisotopic (exact) mass is 154 g/mol. The number of hydrogen-bond acceptors (Lipinski definition) is 1. The van der Waals surface area contributed by atoms with Gasteiger partial charge in [0.1, 0.15) is 0 Å². The summed E-state index contributed by atoms with van der Waals surface area (Å²) in [6.07, 6.45) is 9.57. The van der Waals surface area contributed by atoms with Crippen molar-refractivity contribution in [2.45, 2.75) is 6.42 Å². The van der Waals surface area contributed by atoms with E-state index in [4.69, 9.17) is 6.42 Å². The second-order valence-electron chi connectivity index (χ2n) is 2.84. The van der Waals surface area contributed by atoms with Crippen molar-refractivity contribution in [2.75, 3.05) is 19.0 Å². The first-order valence-electron chi connectivity index (χ1n) is 3.35. The molecule has 1 rings (SSSR count). The van der Waals surface area contributed by atoms with Crippen molar-refractivity contribution in [1.29, 1.82) is 0 Å². The average Bonchev–Trinajstić information content (AvgIpc) is 1.86. The van der Waals surface area contributed by atoms with E-state index in [1.807, 2.05) is 12.7 Å². The first-order chi connectivity index (χ1) is 4.64. The van der Waals surface area contributed by atoms with Crippen LogP contribution in [0.25, 0.3) is 0 Å². The quantitative estimate of drug-likeness (QED) is 0.385. The Hall–Kier alpha value is -0.470. The second kappa shape index (κ2) is 2.64. The highest BCUT2D eigenvalue weighted by molar-refractivity contribution is 7.63. The minimum atomic E-state index is -1.87. The molecule has 0 aromatic carbocycles. The molecule has 0 bridgehead atoms. The fraction of sp³-hybridized carbons (Fsp3) is 0.500. The van der Waals surface area contributed by atoms with Crippen LogP contribution in [0, 0.1) is 12.3 Å². The van der Waals surface area contributed by atoms with Gasteiger partial charge < -0.3 is 4.57 Å². The summed E-state index contributed by atoms with van der Waals surface area (Å²) in [6, 6.07) is 0. The first-order valence-corrected chi connectivity index (χ1v) is 5.88. The van der Waals surface area contributed by atoms with Crippen molar-refractivity contribution in [3.05, 3.63) is 11.6 Å². The second-order valence-corrected chi connectivity index (χ2v) is 6.20. The predicted octanol–water partition coefficient (Wildman–Crippen LogP) is 1.94. The van der Waals surface area contributed by atoms with Crippen LogP contribution >= 0.6 is 7.14 Å². The topological polar surface area (TPSA) is 17.1 Å². The van der Waals surface area contributed by atoms with E-state index in [1.54, 1.807) is 0 Å². The molecule has 10 heavy (non-hydrogen) atoms.